The van der Waals surface area contributed by atoms with Crippen LogP contribution in [-0.2, 0) is 6.54 Å². The maximum Gasteiger partial charge on any atom is 0.338 e. The summed E-state index contributed by atoms with van der Waals surface area (Å²) in [6, 6.07) is 15.8. The Kier molecular flexibility index (Phi) is 5.84. The minimum atomic E-state index is -0.905. The number of piperazine rings is 1. The van der Waals surface area contributed by atoms with Gasteiger partial charge < -0.3 is 19.9 Å². The zero-order valence-electron chi connectivity index (χ0n) is 17.3. The van der Waals surface area contributed by atoms with Gasteiger partial charge in [0.1, 0.15) is 0 Å². The molecule has 2 N–H and O–H groups in total. The molecule has 6 heteroatoms. The van der Waals surface area contributed by atoms with Crippen molar-refractivity contribution in [3.63, 3.8) is 0 Å². The number of halogens is 1. The van der Waals surface area contributed by atoms with E-state index in [2.05, 4.69) is 26.9 Å². The summed E-state index contributed by atoms with van der Waals surface area (Å²) in [6.07, 6.45) is 0. The highest BCUT2D eigenvalue weighted by Crippen LogP contribution is 2.40. The predicted octanol–water partition coefficient (Wildman–Crippen LogP) is 4.91. The zero-order valence-corrected chi connectivity index (χ0v) is 18.0. The van der Waals surface area contributed by atoms with E-state index in [0.717, 1.165) is 59.9 Å². The van der Waals surface area contributed by atoms with E-state index in [9.17, 15) is 9.90 Å². The Hall–Kier alpha value is -2.76. The lowest BCUT2D eigenvalue weighted by Gasteiger charge is -2.29. The van der Waals surface area contributed by atoms with Crippen molar-refractivity contribution in [3.05, 3.63) is 64.8 Å². The molecule has 2 heterocycles. The molecular weight excluding hydrogens is 398 g/mol. The van der Waals surface area contributed by atoms with Gasteiger partial charge >= 0.3 is 5.97 Å². The molecular formula is C24H26ClN3O2. The molecule has 5 nitrogen and oxygen atoms in total. The van der Waals surface area contributed by atoms with Gasteiger partial charge in [-0.3, -0.25) is 0 Å². The summed E-state index contributed by atoms with van der Waals surface area (Å²) in [7, 11) is 0. The molecule has 0 saturated carbocycles. The van der Waals surface area contributed by atoms with Crippen LogP contribution in [0.1, 0.15) is 23.0 Å². The van der Waals surface area contributed by atoms with E-state index < -0.39 is 5.97 Å². The summed E-state index contributed by atoms with van der Waals surface area (Å²) >= 11 is 6.11. The third kappa shape index (κ3) is 3.71. The van der Waals surface area contributed by atoms with Crippen molar-refractivity contribution >= 4 is 23.3 Å². The molecule has 0 radical (unpaired) electrons. The van der Waals surface area contributed by atoms with Gasteiger partial charge in [0.15, 0.2) is 0 Å². The van der Waals surface area contributed by atoms with Crippen LogP contribution in [0.25, 0.3) is 22.4 Å². The van der Waals surface area contributed by atoms with Crippen LogP contribution in [-0.4, -0.2) is 41.8 Å². The number of hydrogen-bond donors (Lipinski definition) is 2. The Morgan fingerprint density at radius 2 is 1.80 bits per heavy atom. The minimum Gasteiger partial charge on any atom is -0.478 e. The van der Waals surface area contributed by atoms with Crippen molar-refractivity contribution in [1.82, 2.24) is 9.88 Å². The largest absolute Gasteiger partial charge is 0.478 e. The monoisotopic (exact) mass is 423 g/mol. The lowest BCUT2D eigenvalue weighted by Crippen LogP contribution is -2.43. The van der Waals surface area contributed by atoms with Crippen LogP contribution in [0, 0.1) is 6.92 Å². The molecule has 1 fully saturated rings. The molecule has 1 aromatic heterocycles. The molecule has 1 aliphatic rings. The average Bonchev–Trinajstić information content (AvgIpc) is 3.07. The van der Waals surface area contributed by atoms with Crippen LogP contribution in [0.5, 0.6) is 0 Å². The fourth-order valence-electron chi connectivity index (χ4n) is 4.36. The molecule has 0 aliphatic carbocycles. The molecule has 4 rings (SSSR count). The maximum absolute atomic E-state index is 12.3. The first kappa shape index (κ1) is 20.5. The Morgan fingerprint density at radius 1 is 1.10 bits per heavy atom. The number of aromatic carboxylic acids is 1. The lowest BCUT2D eigenvalue weighted by atomic mass is 9.96. The third-order valence-electron chi connectivity index (χ3n) is 5.79. The first-order valence-electron chi connectivity index (χ1n) is 10.3. The molecule has 3 aromatic rings. The van der Waals surface area contributed by atoms with E-state index in [-0.39, 0.29) is 0 Å². The Balaban J connectivity index is 1.94. The van der Waals surface area contributed by atoms with Gasteiger partial charge in [-0.05, 0) is 49.2 Å². The number of nitrogens with zero attached hydrogens (tertiary/aromatic N) is 2. The van der Waals surface area contributed by atoms with Crippen molar-refractivity contribution in [3.8, 4) is 22.4 Å². The fraction of sp³-hybridized carbons (Fsp3) is 0.292. The molecule has 2 aromatic carbocycles. The van der Waals surface area contributed by atoms with Gasteiger partial charge in [0.25, 0.3) is 0 Å². The van der Waals surface area contributed by atoms with E-state index in [1.54, 1.807) is 0 Å². The molecule has 0 spiro atoms. The molecule has 156 valence electrons. The van der Waals surface area contributed by atoms with Gasteiger partial charge in [-0.2, -0.15) is 0 Å². The molecule has 30 heavy (non-hydrogen) atoms. The highest BCUT2D eigenvalue weighted by Gasteiger charge is 2.26. The summed E-state index contributed by atoms with van der Waals surface area (Å²) in [6.45, 7) is 8.39. The molecule has 0 amide bonds. The quantitative estimate of drug-likeness (QED) is 0.612. The van der Waals surface area contributed by atoms with E-state index >= 15 is 0 Å². The SMILES string of the molecule is CCn1c(C)c(C(=O)O)c(-c2cccc(N3CCNCC3)c2)c1-c1ccc(Cl)cc1. The first-order chi connectivity index (χ1) is 14.5. The number of carboxylic acids is 1. The van der Waals surface area contributed by atoms with Crippen molar-refractivity contribution in [2.75, 3.05) is 31.1 Å². The Morgan fingerprint density at radius 3 is 2.43 bits per heavy atom. The molecule has 1 saturated heterocycles. The summed E-state index contributed by atoms with van der Waals surface area (Å²) in [5.41, 5.74) is 5.80. The number of benzene rings is 2. The topological polar surface area (TPSA) is 57.5 Å². The Bertz CT molecular complexity index is 1070. The second kappa shape index (κ2) is 8.54. The van der Waals surface area contributed by atoms with Gasteiger partial charge in [-0.25, -0.2) is 4.79 Å². The van der Waals surface area contributed by atoms with Crippen molar-refractivity contribution in [2.45, 2.75) is 20.4 Å². The van der Waals surface area contributed by atoms with Crippen molar-refractivity contribution < 1.29 is 9.90 Å². The summed E-state index contributed by atoms with van der Waals surface area (Å²) in [5, 5.41) is 14.1. The van der Waals surface area contributed by atoms with Crippen LogP contribution in [0.4, 0.5) is 5.69 Å². The van der Waals surface area contributed by atoms with E-state index in [0.29, 0.717) is 17.1 Å². The second-order valence-electron chi connectivity index (χ2n) is 7.53. The highest BCUT2D eigenvalue weighted by atomic mass is 35.5. The van der Waals surface area contributed by atoms with E-state index in [1.165, 1.54) is 0 Å². The normalized spacial score (nSPS) is 14.2. The number of carboxylic acid groups (broad SMARTS) is 1. The van der Waals surface area contributed by atoms with Gasteiger partial charge in [0, 0.05) is 54.7 Å². The number of rotatable bonds is 5. The number of carbonyl (C=O) groups is 1. The van der Waals surface area contributed by atoms with E-state index in [1.807, 2.05) is 50.2 Å². The predicted molar refractivity (Wildman–Crippen MR) is 123 cm³/mol. The number of anilines is 1. The van der Waals surface area contributed by atoms with Crippen LogP contribution < -0.4 is 10.2 Å². The van der Waals surface area contributed by atoms with E-state index in [4.69, 9.17) is 11.6 Å². The number of nitrogens with one attached hydrogen (secondary N) is 1. The number of aromatic nitrogens is 1. The van der Waals surface area contributed by atoms with Gasteiger partial charge in [0.05, 0.1) is 11.3 Å². The maximum atomic E-state index is 12.3. The van der Waals surface area contributed by atoms with Gasteiger partial charge in [-0.1, -0.05) is 35.9 Å². The van der Waals surface area contributed by atoms with Crippen molar-refractivity contribution in [2.24, 2.45) is 0 Å². The summed E-state index contributed by atoms with van der Waals surface area (Å²) in [5.74, 6) is -0.905. The van der Waals surface area contributed by atoms with Crippen LogP contribution in [0.15, 0.2) is 48.5 Å². The summed E-state index contributed by atoms with van der Waals surface area (Å²) in [4.78, 5) is 14.7. The standard InChI is InChI=1S/C24H26ClN3O2/c1-3-28-16(2)21(24(29)30)22(23(28)17-7-9-19(25)10-8-17)18-5-4-6-20(15-18)27-13-11-26-12-14-27/h4-10,15,26H,3,11-14H2,1-2H3,(H,29,30). The number of hydrogen-bond acceptors (Lipinski definition) is 3. The molecule has 0 atom stereocenters. The second-order valence-corrected chi connectivity index (χ2v) is 7.96. The molecule has 1 aliphatic heterocycles. The van der Waals surface area contributed by atoms with Crippen LogP contribution in [0.3, 0.4) is 0 Å². The Labute approximate surface area is 181 Å². The fourth-order valence-corrected chi connectivity index (χ4v) is 4.49. The highest BCUT2D eigenvalue weighted by molar-refractivity contribution is 6.30. The zero-order chi connectivity index (χ0) is 21.3. The lowest BCUT2D eigenvalue weighted by molar-refractivity contribution is 0.0697. The minimum absolute atomic E-state index is 0.360. The molecule has 0 unspecified atom stereocenters. The molecule has 0 bridgehead atoms. The van der Waals surface area contributed by atoms with Crippen molar-refractivity contribution in [1.29, 1.82) is 0 Å². The average molecular weight is 424 g/mol. The van der Waals surface area contributed by atoms with Crippen LogP contribution >= 0.6 is 11.6 Å². The van der Waals surface area contributed by atoms with Crippen LogP contribution in [0.2, 0.25) is 5.02 Å². The van der Waals surface area contributed by atoms with Gasteiger partial charge in [-0.15, -0.1) is 0 Å². The third-order valence-corrected chi connectivity index (χ3v) is 6.04. The van der Waals surface area contributed by atoms with Gasteiger partial charge in [0.2, 0.25) is 0 Å². The first-order valence-corrected chi connectivity index (χ1v) is 10.7. The smallest absolute Gasteiger partial charge is 0.338 e. The summed E-state index contributed by atoms with van der Waals surface area (Å²) < 4.78 is 2.08.